The van der Waals surface area contributed by atoms with Gasteiger partial charge in [-0.05, 0) is 44.6 Å². The zero-order valence-electron chi connectivity index (χ0n) is 17.8. The first-order valence-corrected chi connectivity index (χ1v) is 10.4. The number of carbonyl (C=O) groups excluding carboxylic acids is 2. The number of amides is 1. The second-order valence-corrected chi connectivity index (χ2v) is 8.29. The first-order valence-electron chi connectivity index (χ1n) is 10.4. The van der Waals surface area contributed by atoms with Gasteiger partial charge in [-0.1, -0.05) is 44.2 Å². The van der Waals surface area contributed by atoms with E-state index in [0.29, 0.717) is 17.9 Å². The molecule has 1 atom stereocenters. The minimum absolute atomic E-state index is 0.213. The average Bonchev–Trinajstić information content (AvgIpc) is 3.45. The lowest BCUT2D eigenvalue weighted by Gasteiger charge is -2.18. The lowest BCUT2D eigenvalue weighted by atomic mass is 10.1. The van der Waals surface area contributed by atoms with E-state index in [0.717, 1.165) is 36.3 Å². The van der Waals surface area contributed by atoms with E-state index in [4.69, 9.17) is 4.74 Å². The first kappa shape index (κ1) is 21.1. The molecule has 1 saturated carbocycles. The number of esters is 1. The molecule has 3 rings (SSSR count). The maximum absolute atomic E-state index is 12.6. The van der Waals surface area contributed by atoms with E-state index in [1.165, 1.54) is 0 Å². The van der Waals surface area contributed by atoms with Crippen molar-refractivity contribution in [3.8, 4) is 0 Å². The van der Waals surface area contributed by atoms with Gasteiger partial charge in [-0.25, -0.2) is 0 Å². The van der Waals surface area contributed by atoms with Gasteiger partial charge in [-0.2, -0.15) is 5.10 Å². The molecule has 6 nitrogen and oxygen atoms in total. The molecule has 0 radical (unpaired) electrons. The molecule has 1 aliphatic carbocycles. The predicted molar refractivity (Wildman–Crippen MR) is 111 cm³/mol. The molecular formula is C23H31N3O3. The molecule has 2 aromatic rings. The summed E-state index contributed by atoms with van der Waals surface area (Å²) in [5.74, 6) is -0.119. The second-order valence-electron chi connectivity index (χ2n) is 8.29. The number of ether oxygens (including phenoxy) is 1. The van der Waals surface area contributed by atoms with Crippen LogP contribution in [0.1, 0.15) is 61.7 Å². The highest BCUT2D eigenvalue weighted by Gasteiger charge is 2.30. The summed E-state index contributed by atoms with van der Waals surface area (Å²) in [4.78, 5) is 25.2. The molecule has 1 amide bonds. The Morgan fingerprint density at radius 2 is 1.90 bits per heavy atom. The van der Waals surface area contributed by atoms with Gasteiger partial charge in [0, 0.05) is 30.3 Å². The van der Waals surface area contributed by atoms with Gasteiger partial charge in [0.25, 0.3) is 5.91 Å². The van der Waals surface area contributed by atoms with Gasteiger partial charge in [0.15, 0.2) is 0 Å². The fourth-order valence-electron chi connectivity index (χ4n) is 3.44. The Morgan fingerprint density at radius 3 is 2.52 bits per heavy atom. The Hall–Kier alpha value is -2.63. The van der Waals surface area contributed by atoms with E-state index >= 15 is 0 Å². The van der Waals surface area contributed by atoms with Crippen LogP contribution in [-0.2, 0) is 27.3 Å². The van der Waals surface area contributed by atoms with Crippen LogP contribution in [0.2, 0.25) is 0 Å². The number of nitrogens with zero attached hydrogens (tertiary/aromatic N) is 2. The van der Waals surface area contributed by atoms with Crippen molar-refractivity contribution < 1.29 is 14.3 Å². The zero-order chi connectivity index (χ0) is 21.0. The molecule has 29 heavy (non-hydrogen) atoms. The highest BCUT2D eigenvalue weighted by Crippen LogP contribution is 2.24. The third-order valence-corrected chi connectivity index (χ3v) is 5.16. The molecule has 0 bridgehead atoms. The van der Waals surface area contributed by atoms with Crippen molar-refractivity contribution in [3.63, 3.8) is 0 Å². The zero-order valence-corrected chi connectivity index (χ0v) is 17.8. The van der Waals surface area contributed by atoms with Crippen LogP contribution in [0, 0.1) is 19.8 Å². The molecule has 1 aromatic carbocycles. The summed E-state index contributed by atoms with van der Waals surface area (Å²) in [5.41, 5.74) is 3.81. The fourth-order valence-corrected chi connectivity index (χ4v) is 3.44. The van der Waals surface area contributed by atoms with Crippen molar-refractivity contribution in [2.45, 2.75) is 72.1 Å². The standard InChI is InChI=1S/C23H31N3O3/c1-15(2)14-26-17(4)20(16(3)25-26)12-13-21(27)29-22(18-8-6-5-7-9-18)23(28)24-19-10-11-19/h5-9,15,19,22H,10-14H2,1-4H3,(H,24,28). The molecule has 156 valence electrons. The van der Waals surface area contributed by atoms with Crippen LogP contribution in [0.4, 0.5) is 0 Å². The molecule has 0 spiro atoms. The third-order valence-electron chi connectivity index (χ3n) is 5.16. The Balaban J connectivity index is 1.64. The number of nitrogens with one attached hydrogen (secondary N) is 1. The van der Waals surface area contributed by atoms with Crippen LogP contribution >= 0.6 is 0 Å². The minimum Gasteiger partial charge on any atom is -0.447 e. The van der Waals surface area contributed by atoms with Crippen molar-refractivity contribution in [1.82, 2.24) is 15.1 Å². The summed E-state index contributed by atoms with van der Waals surface area (Å²) < 4.78 is 7.63. The summed E-state index contributed by atoms with van der Waals surface area (Å²) in [6.45, 7) is 9.18. The molecule has 0 saturated heterocycles. The van der Waals surface area contributed by atoms with E-state index in [9.17, 15) is 9.59 Å². The maximum Gasteiger partial charge on any atom is 0.307 e. The molecule has 1 fully saturated rings. The van der Waals surface area contributed by atoms with Crippen molar-refractivity contribution in [2.24, 2.45) is 5.92 Å². The molecule has 0 aliphatic heterocycles. The fraction of sp³-hybridized carbons (Fsp3) is 0.522. The monoisotopic (exact) mass is 397 g/mol. The van der Waals surface area contributed by atoms with Crippen molar-refractivity contribution in [2.75, 3.05) is 0 Å². The quantitative estimate of drug-likeness (QED) is 0.656. The molecule has 1 N–H and O–H groups in total. The van der Waals surface area contributed by atoms with Crippen molar-refractivity contribution >= 4 is 11.9 Å². The van der Waals surface area contributed by atoms with Gasteiger partial charge in [0.2, 0.25) is 6.10 Å². The highest BCUT2D eigenvalue weighted by molar-refractivity contribution is 5.85. The van der Waals surface area contributed by atoms with Crippen molar-refractivity contribution in [3.05, 3.63) is 52.8 Å². The summed E-state index contributed by atoms with van der Waals surface area (Å²) in [7, 11) is 0. The van der Waals surface area contributed by atoms with E-state index in [1.807, 2.05) is 48.9 Å². The van der Waals surface area contributed by atoms with E-state index in [2.05, 4.69) is 24.3 Å². The number of aromatic nitrogens is 2. The minimum atomic E-state index is -0.907. The number of aryl methyl sites for hydroxylation is 1. The van der Waals surface area contributed by atoms with Crippen LogP contribution in [0.15, 0.2) is 30.3 Å². The van der Waals surface area contributed by atoms with Crippen molar-refractivity contribution in [1.29, 1.82) is 0 Å². The molecule has 1 aromatic heterocycles. The average molecular weight is 398 g/mol. The Kier molecular flexibility index (Phi) is 6.72. The van der Waals surface area contributed by atoms with Gasteiger partial charge in [-0.3, -0.25) is 14.3 Å². The Bertz CT molecular complexity index is 854. The molecule has 1 aliphatic rings. The van der Waals surface area contributed by atoms with Crippen LogP contribution in [0.25, 0.3) is 0 Å². The molecular weight excluding hydrogens is 366 g/mol. The summed E-state index contributed by atoms with van der Waals surface area (Å²) in [6.07, 6.45) is 1.84. The van der Waals surface area contributed by atoms with E-state index in [1.54, 1.807) is 0 Å². The topological polar surface area (TPSA) is 73.2 Å². The number of rotatable bonds is 9. The number of hydrogen-bond acceptors (Lipinski definition) is 4. The lowest BCUT2D eigenvalue weighted by molar-refractivity contribution is -0.156. The number of hydrogen-bond donors (Lipinski definition) is 1. The lowest BCUT2D eigenvalue weighted by Crippen LogP contribution is -2.33. The van der Waals surface area contributed by atoms with E-state index < -0.39 is 6.10 Å². The van der Waals surface area contributed by atoms with Gasteiger partial charge in [0.05, 0.1) is 5.69 Å². The number of carbonyl (C=O) groups is 2. The molecule has 1 unspecified atom stereocenters. The predicted octanol–water partition coefficient (Wildman–Crippen LogP) is 3.65. The van der Waals surface area contributed by atoms with Crippen LogP contribution in [0.3, 0.4) is 0 Å². The van der Waals surface area contributed by atoms with Gasteiger partial charge >= 0.3 is 5.97 Å². The van der Waals surface area contributed by atoms with Gasteiger partial charge < -0.3 is 10.1 Å². The Labute approximate surface area is 172 Å². The maximum atomic E-state index is 12.6. The number of benzene rings is 1. The van der Waals surface area contributed by atoms with Gasteiger partial charge in [0.1, 0.15) is 0 Å². The van der Waals surface area contributed by atoms with Crippen LogP contribution < -0.4 is 5.32 Å². The molecule has 6 heteroatoms. The smallest absolute Gasteiger partial charge is 0.307 e. The summed E-state index contributed by atoms with van der Waals surface area (Å²) >= 11 is 0. The highest BCUT2D eigenvalue weighted by atomic mass is 16.5. The van der Waals surface area contributed by atoms with Crippen LogP contribution in [0.5, 0.6) is 0 Å². The third kappa shape index (κ3) is 5.68. The SMILES string of the molecule is Cc1nn(CC(C)C)c(C)c1CCC(=O)OC(C(=O)NC1CC1)c1ccccc1. The van der Waals surface area contributed by atoms with Crippen LogP contribution in [-0.4, -0.2) is 27.7 Å². The summed E-state index contributed by atoms with van der Waals surface area (Å²) in [5, 5.41) is 7.55. The first-order chi connectivity index (χ1) is 13.8. The summed E-state index contributed by atoms with van der Waals surface area (Å²) in [6, 6.07) is 9.40. The molecule has 1 heterocycles. The van der Waals surface area contributed by atoms with Gasteiger partial charge in [-0.15, -0.1) is 0 Å². The van der Waals surface area contributed by atoms with E-state index in [-0.39, 0.29) is 24.3 Å². The Morgan fingerprint density at radius 1 is 1.21 bits per heavy atom. The largest absolute Gasteiger partial charge is 0.447 e. The second kappa shape index (κ2) is 9.25. The normalized spacial score (nSPS) is 14.7.